The fourth-order valence-corrected chi connectivity index (χ4v) is 2.72. The third-order valence-corrected chi connectivity index (χ3v) is 3.90. The van der Waals surface area contributed by atoms with Crippen molar-refractivity contribution in [3.8, 4) is 28.6 Å². The van der Waals surface area contributed by atoms with E-state index in [2.05, 4.69) is 10.2 Å². The minimum atomic E-state index is 0.173. The summed E-state index contributed by atoms with van der Waals surface area (Å²) in [4.78, 5) is 0. The first kappa shape index (κ1) is 14.5. The molecule has 0 unspecified atom stereocenters. The number of para-hydroxylation sites is 1. The SMILES string of the molecule is COc1cccc(-n2c(SC)nnc2-c2ccccc2O)c1. The second-order valence-corrected chi connectivity index (χ2v) is 5.34. The molecule has 0 aliphatic rings. The first-order chi connectivity index (χ1) is 10.7. The molecule has 3 rings (SSSR count). The van der Waals surface area contributed by atoms with Gasteiger partial charge in [-0.25, -0.2) is 0 Å². The van der Waals surface area contributed by atoms with Crippen molar-refractivity contribution in [1.29, 1.82) is 0 Å². The molecule has 0 amide bonds. The number of thioether (sulfide) groups is 1. The van der Waals surface area contributed by atoms with Crippen molar-refractivity contribution in [1.82, 2.24) is 14.8 Å². The van der Waals surface area contributed by atoms with Crippen LogP contribution in [0, 0.1) is 0 Å². The monoisotopic (exact) mass is 313 g/mol. The number of rotatable bonds is 4. The Bertz CT molecular complexity index is 802. The minimum absolute atomic E-state index is 0.173. The minimum Gasteiger partial charge on any atom is -0.507 e. The number of ether oxygens (including phenoxy) is 1. The van der Waals surface area contributed by atoms with Crippen LogP contribution in [0.3, 0.4) is 0 Å². The fourth-order valence-electron chi connectivity index (χ4n) is 2.22. The van der Waals surface area contributed by atoms with E-state index in [4.69, 9.17) is 4.74 Å². The maximum absolute atomic E-state index is 10.1. The number of hydrogen-bond acceptors (Lipinski definition) is 5. The lowest BCUT2D eigenvalue weighted by molar-refractivity contribution is 0.414. The van der Waals surface area contributed by atoms with Crippen LogP contribution < -0.4 is 4.74 Å². The van der Waals surface area contributed by atoms with Crippen molar-refractivity contribution in [3.05, 3.63) is 48.5 Å². The van der Waals surface area contributed by atoms with Crippen molar-refractivity contribution >= 4 is 11.8 Å². The Morgan fingerprint density at radius 1 is 1.09 bits per heavy atom. The molecule has 0 saturated carbocycles. The van der Waals surface area contributed by atoms with Gasteiger partial charge >= 0.3 is 0 Å². The Morgan fingerprint density at radius 2 is 1.91 bits per heavy atom. The normalized spacial score (nSPS) is 10.6. The highest BCUT2D eigenvalue weighted by molar-refractivity contribution is 7.98. The van der Waals surface area contributed by atoms with Gasteiger partial charge in [-0.05, 0) is 30.5 Å². The summed E-state index contributed by atoms with van der Waals surface area (Å²) in [6.07, 6.45) is 1.94. The highest BCUT2D eigenvalue weighted by Gasteiger charge is 2.17. The molecular formula is C16H15N3O2S. The summed E-state index contributed by atoms with van der Waals surface area (Å²) in [7, 11) is 1.63. The molecule has 1 aromatic heterocycles. The molecular weight excluding hydrogens is 298 g/mol. The van der Waals surface area contributed by atoms with Gasteiger partial charge in [0, 0.05) is 6.07 Å². The Labute approximate surface area is 132 Å². The van der Waals surface area contributed by atoms with Crippen molar-refractivity contribution in [2.24, 2.45) is 0 Å². The van der Waals surface area contributed by atoms with Gasteiger partial charge in [0.05, 0.1) is 18.4 Å². The standard InChI is InChI=1S/C16H15N3O2S/c1-21-12-7-5-6-11(10-12)19-15(17-18-16(19)22-2)13-8-3-4-9-14(13)20/h3-10,20H,1-2H3. The zero-order valence-corrected chi connectivity index (χ0v) is 13.0. The number of aromatic nitrogens is 3. The first-order valence-corrected chi connectivity index (χ1v) is 7.89. The first-order valence-electron chi connectivity index (χ1n) is 6.67. The average molecular weight is 313 g/mol. The van der Waals surface area contributed by atoms with Gasteiger partial charge < -0.3 is 9.84 Å². The van der Waals surface area contributed by atoms with E-state index in [1.807, 2.05) is 47.2 Å². The molecule has 1 heterocycles. The van der Waals surface area contributed by atoms with Crippen LogP contribution in [0.1, 0.15) is 0 Å². The van der Waals surface area contributed by atoms with Gasteiger partial charge in [-0.1, -0.05) is 30.0 Å². The van der Waals surface area contributed by atoms with Gasteiger partial charge in [0.25, 0.3) is 0 Å². The summed E-state index contributed by atoms with van der Waals surface area (Å²) >= 11 is 1.49. The van der Waals surface area contributed by atoms with Crippen molar-refractivity contribution in [3.63, 3.8) is 0 Å². The summed E-state index contributed by atoms with van der Waals surface area (Å²) in [6.45, 7) is 0. The quantitative estimate of drug-likeness (QED) is 0.748. The predicted octanol–water partition coefficient (Wildman–Crippen LogP) is 3.37. The van der Waals surface area contributed by atoms with E-state index in [-0.39, 0.29) is 5.75 Å². The largest absolute Gasteiger partial charge is 0.507 e. The molecule has 3 aromatic rings. The van der Waals surface area contributed by atoms with Crippen LogP contribution in [0.15, 0.2) is 53.7 Å². The zero-order valence-electron chi connectivity index (χ0n) is 12.2. The van der Waals surface area contributed by atoms with Crippen LogP contribution in [-0.2, 0) is 0 Å². The average Bonchev–Trinajstić information content (AvgIpc) is 2.99. The van der Waals surface area contributed by atoms with Crippen LogP contribution in [0.25, 0.3) is 17.1 Å². The molecule has 0 fully saturated rings. The highest BCUT2D eigenvalue weighted by Crippen LogP contribution is 2.32. The van der Waals surface area contributed by atoms with Gasteiger partial charge in [0.1, 0.15) is 11.5 Å². The highest BCUT2D eigenvalue weighted by atomic mass is 32.2. The molecule has 0 spiro atoms. The molecule has 0 radical (unpaired) electrons. The molecule has 0 bridgehead atoms. The molecule has 0 aliphatic carbocycles. The van der Waals surface area contributed by atoms with E-state index in [0.29, 0.717) is 11.4 Å². The third kappa shape index (κ3) is 2.53. The lowest BCUT2D eigenvalue weighted by Crippen LogP contribution is -2.00. The molecule has 0 aliphatic heterocycles. The van der Waals surface area contributed by atoms with Crippen molar-refractivity contribution in [2.45, 2.75) is 5.16 Å². The lowest BCUT2D eigenvalue weighted by Gasteiger charge is -2.11. The van der Waals surface area contributed by atoms with Gasteiger partial charge in [-0.3, -0.25) is 4.57 Å². The third-order valence-electron chi connectivity index (χ3n) is 3.27. The summed E-state index contributed by atoms with van der Waals surface area (Å²) in [5.74, 6) is 1.52. The van der Waals surface area contributed by atoms with Crippen LogP contribution in [0.2, 0.25) is 0 Å². The molecule has 112 valence electrons. The second-order valence-electron chi connectivity index (χ2n) is 4.56. The van der Waals surface area contributed by atoms with Gasteiger partial charge in [-0.15, -0.1) is 10.2 Å². The topological polar surface area (TPSA) is 60.2 Å². The number of hydrogen-bond donors (Lipinski definition) is 1. The Morgan fingerprint density at radius 3 is 2.64 bits per heavy atom. The zero-order chi connectivity index (χ0) is 15.5. The fraction of sp³-hybridized carbons (Fsp3) is 0.125. The molecule has 22 heavy (non-hydrogen) atoms. The van der Waals surface area contributed by atoms with Crippen molar-refractivity contribution < 1.29 is 9.84 Å². The lowest BCUT2D eigenvalue weighted by atomic mass is 10.2. The predicted molar refractivity (Wildman–Crippen MR) is 86.8 cm³/mol. The molecule has 1 N–H and O–H groups in total. The van der Waals surface area contributed by atoms with E-state index in [0.717, 1.165) is 16.6 Å². The molecule has 5 nitrogen and oxygen atoms in total. The number of phenolic OH excluding ortho intramolecular Hbond substituents is 1. The summed E-state index contributed by atoms with van der Waals surface area (Å²) in [5, 5.41) is 19.3. The number of phenols is 1. The van der Waals surface area contributed by atoms with Crippen molar-refractivity contribution in [2.75, 3.05) is 13.4 Å². The van der Waals surface area contributed by atoms with Crippen LogP contribution in [0.4, 0.5) is 0 Å². The molecule has 0 saturated heterocycles. The van der Waals surface area contributed by atoms with E-state index < -0.39 is 0 Å². The number of nitrogens with zero attached hydrogens (tertiary/aromatic N) is 3. The maximum atomic E-state index is 10.1. The number of aromatic hydroxyl groups is 1. The molecule has 2 aromatic carbocycles. The second kappa shape index (κ2) is 6.11. The van der Waals surface area contributed by atoms with Gasteiger partial charge in [0.2, 0.25) is 0 Å². The smallest absolute Gasteiger partial charge is 0.195 e. The van der Waals surface area contributed by atoms with Crippen LogP contribution >= 0.6 is 11.8 Å². The Hall–Kier alpha value is -2.47. The number of methoxy groups -OCH3 is 1. The van der Waals surface area contributed by atoms with E-state index in [9.17, 15) is 5.11 Å². The van der Waals surface area contributed by atoms with Crippen LogP contribution in [0.5, 0.6) is 11.5 Å². The van der Waals surface area contributed by atoms with E-state index in [1.165, 1.54) is 11.8 Å². The Kier molecular flexibility index (Phi) is 4.02. The summed E-state index contributed by atoms with van der Waals surface area (Å²) in [5.41, 5.74) is 1.52. The maximum Gasteiger partial charge on any atom is 0.195 e. The van der Waals surface area contributed by atoms with E-state index in [1.54, 1.807) is 19.2 Å². The summed E-state index contributed by atoms with van der Waals surface area (Å²) in [6, 6.07) is 14.7. The van der Waals surface area contributed by atoms with Gasteiger partial charge in [0.15, 0.2) is 11.0 Å². The van der Waals surface area contributed by atoms with Crippen LogP contribution in [-0.4, -0.2) is 33.2 Å². The van der Waals surface area contributed by atoms with E-state index >= 15 is 0 Å². The number of benzene rings is 2. The molecule has 0 atom stereocenters. The van der Waals surface area contributed by atoms with Gasteiger partial charge in [-0.2, -0.15) is 0 Å². The molecule has 6 heteroatoms. The summed E-state index contributed by atoms with van der Waals surface area (Å²) < 4.78 is 7.19. The Balaban J connectivity index is 2.22.